The van der Waals surface area contributed by atoms with E-state index in [0.29, 0.717) is 16.7 Å². The van der Waals surface area contributed by atoms with E-state index in [1.165, 1.54) is 0 Å². The first kappa shape index (κ1) is 17.0. The number of halogens is 1. The molecular weight excluding hydrogens is 342 g/mol. The first-order valence-electron chi connectivity index (χ1n) is 7.59. The summed E-state index contributed by atoms with van der Waals surface area (Å²) >= 11 is 5.89. The van der Waals surface area contributed by atoms with Gasteiger partial charge in [-0.15, -0.1) is 5.10 Å². The van der Waals surface area contributed by atoms with Gasteiger partial charge in [-0.1, -0.05) is 29.8 Å². The molecule has 3 aromatic rings. The summed E-state index contributed by atoms with van der Waals surface area (Å²) in [5, 5.41) is 5.02. The normalized spacial score (nSPS) is 10.5. The molecule has 0 fully saturated rings. The predicted molar refractivity (Wildman–Crippen MR) is 94.0 cm³/mol. The van der Waals surface area contributed by atoms with E-state index < -0.39 is 5.97 Å². The van der Waals surface area contributed by atoms with Gasteiger partial charge in [-0.2, -0.15) is 0 Å². The second-order valence-corrected chi connectivity index (χ2v) is 5.59. The molecule has 1 heterocycles. The second-order valence-electron chi connectivity index (χ2n) is 5.15. The van der Waals surface area contributed by atoms with Crippen molar-refractivity contribution < 1.29 is 14.3 Å². The number of hydrogen-bond acceptors (Lipinski definition) is 5. The minimum Gasteiger partial charge on any atom is -0.472 e. The molecule has 1 aromatic heterocycles. The molecule has 2 N–H and O–H groups in total. The van der Waals surface area contributed by atoms with Crippen LogP contribution in [0.5, 0.6) is 11.6 Å². The zero-order valence-electron chi connectivity index (χ0n) is 13.3. The fraction of sp³-hybridized carbons (Fsp3) is 0.111. The largest absolute Gasteiger partial charge is 0.472 e. The average molecular weight is 358 g/mol. The van der Waals surface area contributed by atoms with Crippen LogP contribution in [0.1, 0.15) is 5.56 Å². The number of para-hydroxylation sites is 1. The van der Waals surface area contributed by atoms with Crippen molar-refractivity contribution in [1.82, 2.24) is 9.78 Å². The van der Waals surface area contributed by atoms with Gasteiger partial charge in [0.2, 0.25) is 5.88 Å². The number of esters is 1. The lowest BCUT2D eigenvalue weighted by Crippen LogP contribution is -2.20. The Balaban J connectivity index is 1.68. The van der Waals surface area contributed by atoms with Gasteiger partial charge in [0.05, 0.1) is 12.2 Å². The maximum absolute atomic E-state index is 11.4. The van der Waals surface area contributed by atoms with Crippen LogP contribution in [0.15, 0.2) is 60.8 Å². The average Bonchev–Trinajstić information content (AvgIpc) is 3.10. The topological polar surface area (TPSA) is 79.4 Å². The third-order valence-corrected chi connectivity index (χ3v) is 3.65. The van der Waals surface area contributed by atoms with E-state index in [2.05, 4.69) is 5.10 Å². The van der Waals surface area contributed by atoms with Crippen LogP contribution in [-0.2, 0) is 11.4 Å². The Bertz CT molecular complexity index is 862. The maximum Gasteiger partial charge on any atom is 0.325 e. The highest BCUT2D eigenvalue weighted by molar-refractivity contribution is 6.30. The van der Waals surface area contributed by atoms with Crippen molar-refractivity contribution in [3.05, 3.63) is 71.4 Å². The Morgan fingerprint density at radius 1 is 1.12 bits per heavy atom. The molecule has 128 valence electrons. The third-order valence-electron chi connectivity index (χ3n) is 3.39. The highest BCUT2D eigenvalue weighted by atomic mass is 35.5. The van der Waals surface area contributed by atoms with Gasteiger partial charge in [0.1, 0.15) is 12.4 Å². The number of hydrogen-bond donors (Lipinski definition) is 1. The van der Waals surface area contributed by atoms with Crippen molar-refractivity contribution in [3.63, 3.8) is 0 Å². The standard InChI is InChI=1S/C18H16ClN3O3/c19-14-5-7-15(8-6-14)22-10-9-17(21-22)24-12-13-3-1-2-4-16(13)25-18(23)11-20/h1-10H,11-12,20H2. The summed E-state index contributed by atoms with van der Waals surface area (Å²) < 4.78 is 12.6. The van der Waals surface area contributed by atoms with Gasteiger partial charge in [-0.3, -0.25) is 4.79 Å². The molecule has 0 amide bonds. The van der Waals surface area contributed by atoms with Crippen molar-refractivity contribution in [3.8, 4) is 17.3 Å². The van der Waals surface area contributed by atoms with E-state index in [-0.39, 0.29) is 13.2 Å². The maximum atomic E-state index is 11.4. The third kappa shape index (κ3) is 4.37. The van der Waals surface area contributed by atoms with Crippen LogP contribution in [0, 0.1) is 0 Å². The molecular formula is C18H16ClN3O3. The molecule has 0 saturated carbocycles. The van der Waals surface area contributed by atoms with Crippen LogP contribution in [0.4, 0.5) is 0 Å². The molecule has 7 heteroatoms. The molecule has 0 atom stereocenters. The SMILES string of the molecule is NCC(=O)Oc1ccccc1COc1ccn(-c2ccc(Cl)cc2)n1. The van der Waals surface area contributed by atoms with E-state index in [1.807, 2.05) is 24.3 Å². The van der Waals surface area contributed by atoms with Crippen LogP contribution in [0.25, 0.3) is 5.69 Å². The highest BCUT2D eigenvalue weighted by Crippen LogP contribution is 2.21. The van der Waals surface area contributed by atoms with Crippen LogP contribution >= 0.6 is 11.6 Å². The highest BCUT2D eigenvalue weighted by Gasteiger charge is 2.09. The van der Waals surface area contributed by atoms with E-state index in [0.717, 1.165) is 11.3 Å². The number of nitrogens with two attached hydrogens (primary N) is 1. The summed E-state index contributed by atoms with van der Waals surface area (Å²) in [5.74, 6) is 0.379. The number of carbonyl (C=O) groups excluding carboxylic acids is 1. The Morgan fingerprint density at radius 2 is 1.88 bits per heavy atom. The van der Waals surface area contributed by atoms with Crippen LogP contribution in [-0.4, -0.2) is 22.3 Å². The molecule has 0 aliphatic rings. The molecule has 0 aliphatic heterocycles. The van der Waals surface area contributed by atoms with Gasteiger partial charge in [-0.25, -0.2) is 4.68 Å². The molecule has 0 aliphatic carbocycles. The number of carbonyl (C=O) groups is 1. The van der Waals surface area contributed by atoms with Crippen molar-refractivity contribution in [2.75, 3.05) is 6.54 Å². The van der Waals surface area contributed by atoms with Gasteiger partial charge in [0.25, 0.3) is 0 Å². The summed E-state index contributed by atoms with van der Waals surface area (Å²) in [4.78, 5) is 11.4. The van der Waals surface area contributed by atoms with Gasteiger partial charge >= 0.3 is 5.97 Å². The summed E-state index contributed by atoms with van der Waals surface area (Å²) in [5.41, 5.74) is 6.87. The Labute approximate surface area is 149 Å². The van der Waals surface area contributed by atoms with E-state index in [1.54, 1.807) is 41.2 Å². The van der Waals surface area contributed by atoms with Crippen molar-refractivity contribution in [1.29, 1.82) is 0 Å². The van der Waals surface area contributed by atoms with Gasteiger partial charge in [0, 0.05) is 22.8 Å². The molecule has 0 radical (unpaired) electrons. The van der Waals surface area contributed by atoms with Crippen LogP contribution in [0.3, 0.4) is 0 Å². The lowest BCUT2D eigenvalue weighted by Gasteiger charge is -2.09. The summed E-state index contributed by atoms with van der Waals surface area (Å²) in [7, 11) is 0. The Morgan fingerprint density at radius 3 is 2.64 bits per heavy atom. The minimum atomic E-state index is -0.500. The quantitative estimate of drug-likeness (QED) is 0.542. The van der Waals surface area contributed by atoms with Crippen LogP contribution < -0.4 is 15.2 Å². The fourth-order valence-corrected chi connectivity index (χ4v) is 2.29. The van der Waals surface area contributed by atoms with Crippen molar-refractivity contribution in [2.24, 2.45) is 5.73 Å². The first-order chi connectivity index (χ1) is 12.2. The zero-order chi connectivity index (χ0) is 17.6. The molecule has 0 saturated heterocycles. The summed E-state index contributed by atoms with van der Waals surface area (Å²) in [6, 6.07) is 16.2. The summed E-state index contributed by atoms with van der Waals surface area (Å²) in [6.07, 6.45) is 1.79. The Hall–Kier alpha value is -2.83. The lowest BCUT2D eigenvalue weighted by molar-refractivity contribution is -0.132. The van der Waals surface area contributed by atoms with E-state index in [4.69, 9.17) is 26.8 Å². The van der Waals surface area contributed by atoms with Crippen molar-refractivity contribution in [2.45, 2.75) is 6.61 Å². The molecule has 0 unspecified atom stereocenters. The Kier molecular flexibility index (Phi) is 5.33. The molecule has 0 bridgehead atoms. The molecule has 2 aromatic carbocycles. The smallest absolute Gasteiger partial charge is 0.325 e. The second kappa shape index (κ2) is 7.83. The molecule has 25 heavy (non-hydrogen) atoms. The zero-order valence-corrected chi connectivity index (χ0v) is 14.0. The van der Waals surface area contributed by atoms with E-state index >= 15 is 0 Å². The summed E-state index contributed by atoms with van der Waals surface area (Å²) in [6.45, 7) is 0.0341. The first-order valence-corrected chi connectivity index (χ1v) is 7.96. The predicted octanol–water partition coefficient (Wildman–Crippen LogP) is 2.97. The number of benzene rings is 2. The van der Waals surface area contributed by atoms with Crippen molar-refractivity contribution >= 4 is 17.6 Å². The van der Waals surface area contributed by atoms with E-state index in [9.17, 15) is 4.79 Å². The monoisotopic (exact) mass is 357 g/mol. The lowest BCUT2D eigenvalue weighted by atomic mass is 10.2. The fourth-order valence-electron chi connectivity index (χ4n) is 2.16. The molecule has 3 rings (SSSR count). The van der Waals surface area contributed by atoms with Gasteiger partial charge < -0.3 is 15.2 Å². The number of nitrogens with zero attached hydrogens (tertiary/aromatic N) is 2. The van der Waals surface area contributed by atoms with Crippen LogP contribution in [0.2, 0.25) is 5.02 Å². The number of aromatic nitrogens is 2. The molecule has 0 spiro atoms. The number of ether oxygens (including phenoxy) is 2. The molecule has 6 nitrogen and oxygen atoms in total. The minimum absolute atomic E-state index is 0.180. The number of rotatable bonds is 6. The van der Waals surface area contributed by atoms with Gasteiger partial charge in [0.15, 0.2) is 0 Å². The van der Waals surface area contributed by atoms with Gasteiger partial charge in [-0.05, 0) is 30.3 Å².